The summed E-state index contributed by atoms with van der Waals surface area (Å²) in [7, 11) is 0. The molecule has 6 heteroatoms. The molecule has 0 aromatic carbocycles. The van der Waals surface area contributed by atoms with E-state index >= 15 is 0 Å². The normalized spacial score (nSPS) is 15.1. The molecule has 5 N–H and O–H groups in total. The van der Waals surface area contributed by atoms with Crippen molar-refractivity contribution in [2.24, 2.45) is 11.7 Å². The molecule has 1 amide bonds. The Labute approximate surface area is 96.5 Å². The van der Waals surface area contributed by atoms with E-state index in [2.05, 4.69) is 10.8 Å². The van der Waals surface area contributed by atoms with Crippen LogP contribution in [-0.4, -0.2) is 36.5 Å². The Morgan fingerprint density at radius 1 is 1.50 bits per heavy atom. The Kier molecular flexibility index (Phi) is 8.10. The number of hydrogen-bond donors (Lipinski definition) is 4. The zero-order valence-corrected chi connectivity index (χ0v) is 10.2. The number of rotatable bonds is 9. The number of hydroxylamine groups is 1. The summed E-state index contributed by atoms with van der Waals surface area (Å²) in [4.78, 5) is 10.9. The van der Waals surface area contributed by atoms with Crippen molar-refractivity contribution in [2.45, 2.75) is 39.3 Å². The molecule has 0 saturated carbocycles. The number of primary amides is 1. The lowest BCUT2D eigenvalue weighted by Crippen LogP contribution is -2.43. The van der Waals surface area contributed by atoms with E-state index in [9.17, 15) is 4.79 Å². The SMILES string of the molecule is CC[C@H](NCOC[C@@H](NO)C(C)C)C(N)=O. The van der Waals surface area contributed by atoms with Crippen LogP contribution in [0.4, 0.5) is 0 Å². The Bertz CT molecular complexity index is 200. The number of carbonyl (C=O) groups is 1. The minimum absolute atomic E-state index is 0.115. The first-order chi connectivity index (χ1) is 7.52. The molecule has 0 aliphatic heterocycles. The fourth-order valence-electron chi connectivity index (χ4n) is 1.17. The van der Waals surface area contributed by atoms with Crippen LogP contribution in [0.25, 0.3) is 0 Å². The lowest BCUT2D eigenvalue weighted by molar-refractivity contribution is -0.120. The van der Waals surface area contributed by atoms with Gasteiger partial charge in [0.15, 0.2) is 0 Å². The lowest BCUT2D eigenvalue weighted by atomic mass is 10.1. The number of amides is 1. The molecular weight excluding hydrogens is 210 g/mol. The molecule has 0 rings (SSSR count). The molecule has 6 nitrogen and oxygen atoms in total. The maximum Gasteiger partial charge on any atom is 0.234 e. The zero-order chi connectivity index (χ0) is 12.6. The van der Waals surface area contributed by atoms with E-state index in [0.717, 1.165) is 0 Å². The summed E-state index contributed by atoms with van der Waals surface area (Å²) in [6, 6.07) is -0.477. The van der Waals surface area contributed by atoms with Crippen LogP contribution in [0.2, 0.25) is 0 Å². The maximum absolute atomic E-state index is 10.9. The highest BCUT2D eigenvalue weighted by Gasteiger charge is 2.14. The highest BCUT2D eigenvalue weighted by Crippen LogP contribution is 2.00. The van der Waals surface area contributed by atoms with Gasteiger partial charge in [-0.05, 0) is 12.3 Å². The first-order valence-electron chi connectivity index (χ1n) is 5.52. The first kappa shape index (κ1) is 15.3. The number of nitrogens with two attached hydrogens (primary N) is 1. The van der Waals surface area contributed by atoms with E-state index in [1.807, 2.05) is 20.8 Å². The van der Waals surface area contributed by atoms with Crippen molar-refractivity contribution in [1.82, 2.24) is 10.8 Å². The summed E-state index contributed by atoms with van der Waals surface area (Å²) in [5.41, 5.74) is 7.34. The summed E-state index contributed by atoms with van der Waals surface area (Å²) in [6.07, 6.45) is 0.630. The van der Waals surface area contributed by atoms with Gasteiger partial charge in [0.2, 0.25) is 5.91 Å². The molecule has 0 fully saturated rings. The molecule has 0 aromatic heterocycles. The highest BCUT2D eigenvalue weighted by molar-refractivity contribution is 5.79. The molecule has 2 atom stereocenters. The van der Waals surface area contributed by atoms with Gasteiger partial charge in [0.1, 0.15) is 0 Å². The van der Waals surface area contributed by atoms with Crippen molar-refractivity contribution in [2.75, 3.05) is 13.3 Å². The van der Waals surface area contributed by atoms with Gasteiger partial charge in [0.25, 0.3) is 0 Å². The van der Waals surface area contributed by atoms with E-state index in [1.165, 1.54) is 0 Å². The van der Waals surface area contributed by atoms with Gasteiger partial charge >= 0.3 is 0 Å². The molecule has 0 saturated heterocycles. The molecule has 0 unspecified atom stereocenters. The second-order valence-electron chi connectivity index (χ2n) is 4.06. The van der Waals surface area contributed by atoms with Crippen molar-refractivity contribution in [3.8, 4) is 0 Å². The predicted molar refractivity (Wildman–Crippen MR) is 60.8 cm³/mol. The molecule has 0 aliphatic carbocycles. The molecule has 96 valence electrons. The summed E-state index contributed by atoms with van der Waals surface area (Å²) in [5, 5.41) is 11.7. The van der Waals surface area contributed by atoms with Gasteiger partial charge in [-0.1, -0.05) is 20.8 Å². The van der Waals surface area contributed by atoms with Crippen molar-refractivity contribution < 1.29 is 14.7 Å². The third kappa shape index (κ3) is 6.02. The van der Waals surface area contributed by atoms with E-state index < -0.39 is 0 Å². The van der Waals surface area contributed by atoms with Gasteiger partial charge < -0.3 is 15.7 Å². The molecule has 0 radical (unpaired) electrons. The third-order valence-electron chi connectivity index (χ3n) is 2.45. The fourth-order valence-corrected chi connectivity index (χ4v) is 1.17. The highest BCUT2D eigenvalue weighted by atomic mass is 16.5. The molecular formula is C10H23N3O3. The maximum atomic E-state index is 10.9. The number of ether oxygens (including phenoxy) is 1. The molecule has 0 aromatic rings. The second-order valence-corrected chi connectivity index (χ2v) is 4.06. The van der Waals surface area contributed by atoms with Crippen LogP contribution >= 0.6 is 0 Å². The molecule has 0 heterocycles. The molecule has 16 heavy (non-hydrogen) atoms. The average Bonchev–Trinajstić information content (AvgIpc) is 2.22. The van der Waals surface area contributed by atoms with Gasteiger partial charge in [-0.3, -0.25) is 10.1 Å². The Morgan fingerprint density at radius 2 is 2.12 bits per heavy atom. The smallest absolute Gasteiger partial charge is 0.234 e. The third-order valence-corrected chi connectivity index (χ3v) is 2.45. The van der Waals surface area contributed by atoms with Crippen molar-refractivity contribution in [3.05, 3.63) is 0 Å². The zero-order valence-electron chi connectivity index (χ0n) is 10.2. The van der Waals surface area contributed by atoms with E-state index in [4.69, 9.17) is 15.7 Å². The quantitative estimate of drug-likeness (QED) is 0.252. The monoisotopic (exact) mass is 233 g/mol. The van der Waals surface area contributed by atoms with Gasteiger partial charge in [0.05, 0.1) is 25.4 Å². The fraction of sp³-hybridized carbons (Fsp3) is 0.900. The number of nitrogens with one attached hydrogen (secondary N) is 2. The van der Waals surface area contributed by atoms with Crippen LogP contribution in [0.3, 0.4) is 0 Å². The molecule has 0 spiro atoms. The van der Waals surface area contributed by atoms with E-state index in [-0.39, 0.29) is 30.6 Å². The van der Waals surface area contributed by atoms with Crippen LogP contribution in [0, 0.1) is 5.92 Å². The minimum Gasteiger partial charge on any atom is -0.368 e. The summed E-state index contributed by atoms with van der Waals surface area (Å²) >= 11 is 0. The lowest BCUT2D eigenvalue weighted by Gasteiger charge is -2.20. The van der Waals surface area contributed by atoms with Crippen molar-refractivity contribution >= 4 is 5.91 Å². The van der Waals surface area contributed by atoms with Gasteiger partial charge in [-0.25, -0.2) is 0 Å². The van der Waals surface area contributed by atoms with E-state index in [0.29, 0.717) is 13.0 Å². The van der Waals surface area contributed by atoms with Crippen LogP contribution < -0.4 is 16.5 Å². The van der Waals surface area contributed by atoms with E-state index in [1.54, 1.807) is 0 Å². The van der Waals surface area contributed by atoms with Gasteiger partial charge in [0, 0.05) is 0 Å². The largest absolute Gasteiger partial charge is 0.368 e. The Morgan fingerprint density at radius 3 is 2.50 bits per heavy atom. The predicted octanol–water partition coefficient (Wildman–Crippen LogP) is -0.183. The van der Waals surface area contributed by atoms with Crippen LogP contribution in [0.1, 0.15) is 27.2 Å². The first-order valence-corrected chi connectivity index (χ1v) is 5.52. The topological polar surface area (TPSA) is 96.6 Å². The van der Waals surface area contributed by atoms with Gasteiger partial charge in [-0.15, -0.1) is 0 Å². The Balaban J connectivity index is 3.69. The van der Waals surface area contributed by atoms with Crippen molar-refractivity contribution in [3.63, 3.8) is 0 Å². The van der Waals surface area contributed by atoms with Crippen LogP contribution in [-0.2, 0) is 9.53 Å². The molecule has 0 aliphatic rings. The van der Waals surface area contributed by atoms with Crippen LogP contribution in [0.15, 0.2) is 0 Å². The second kappa shape index (κ2) is 8.46. The summed E-state index contributed by atoms with van der Waals surface area (Å²) in [6.45, 7) is 6.43. The standard InChI is InChI=1S/C10H23N3O3/c1-4-8(10(11)14)12-6-16-5-9(13-15)7(2)3/h7-9,12-13,15H,4-6H2,1-3H3,(H2,11,14)/t8-,9+/m0/s1. The number of hydrogen-bond acceptors (Lipinski definition) is 5. The van der Waals surface area contributed by atoms with Crippen LogP contribution in [0.5, 0.6) is 0 Å². The number of carbonyl (C=O) groups excluding carboxylic acids is 1. The average molecular weight is 233 g/mol. The minimum atomic E-state index is -0.383. The summed E-state index contributed by atoms with van der Waals surface area (Å²) in [5.74, 6) is -0.116. The van der Waals surface area contributed by atoms with Crippen molar-refractivity contribution in [1.29, 1.82) is 0 Å². The molecule has 0 bridgehead atoms. The van der Waals surface area contributed by atoms with Gasteiger partial charge in [-0.2, -0.15) is 5.48 Å². The summed E-state index contributed by atoms with van der Waals surface area (Å²) < 4.78 is 5.29. The Hall–Kier alpha value is -0.690.